The summed E-state index contributed by atoms with van der Waals surface area (Å²) in [5, 5.41) is 10.6. The summed E-state index contributed by atoms with van der Waals surface area (Å²) >= 11 is 0. The first-order valence-corrected chi connectivity index (χ1v) is 7.08. The number of aryl methyl sites for hydroxylation is 1. The zero-order valence-electron chi connectivity index (χ0n) is 12.0. The second-order valence-corrected chi connectivity index (χ2v) is 5.59. The summed E-state index contributed by atoms with van der Waals surface area (Å²) in [5.74, 6) is 0. The summed E-state index contributed by atoms with van der Waals surface area (Å²) < 4.78 is 2.37. The van der Waals surface area contributed by atoms with Crippen molar-refractivity contribution in [2.24, 2.45) is 0 Å². The molecule has 3 rings (SSSR count). The van der Waals surface area contributed by atoms with Crippen LogP contribution in [0.3, 0.4) is 0 Å². The number of benzene rings is 1. The SMILES string of the molecule is CCn1c(C)c(CCO)c2cc3c(cc21)CN(C)C3. The van der Waals surface area contributed by atoms with Gasteiger partial charge in [0.15, 0.2) is 0 Å². The maximum Gasteiger partial charge on any atom is 0.0488 e. The number of aliphatic hydroxyl groups is 1. The molecule has 19 heavy (non-hydrogen) atoms. The van der Waals surface area contributed by atoms with Crippen molar-refractivity contribution in [1.82, 2.24) is 9.47 Å². The van der Waals surface area contributed by atoms with Crippen molar-refractivity contribution in [1.29, 1.82) is 0 Å². The van der Waals surface area contributed by atoms with Crippen LogP contribution in [0.25, 0.3) is 10.9 Å². The molecule has 0 aliphatic carbocycles. The quantitative estimate of drug-likeness (QED) is 0.916. The van der Waals surface area contributed by atoms with Crippen LogP contribution >= 0.6 is 0 Å². The first-order chi connectivity index (χ1) is 9.15. The Kier molecular flexibility index (Phi) is 3.11. The van der Waals surface area contributed by atoms with Gasteiger partial charge in [-0.3, -0.25) is 4.90 Å². The minimum absolute atomic E-state index is 0.223. The number of hydrogen-bond acceptors (Lipinski definition) is 2. The van der Waals surface area contributed by atoms with E-state index in [-0.39, 0.29) is 6.61 Å². The van der Waals surface area contributed by atoms with Crippen LogP contribution in [-0.2, 0) is 26.1 Å². The molecule has 1 aromatic heterocycles. The topological polar surface area (TPSA) is 28.4 Å². The molecular formula is C16H22N2O. The first-order valence-electron chi connectivity index (χ1n) is 7.08. The smallest absolute Gasteiger partial charge is 0.0488 e. The molecule has 0 bridgehead atoms. The summed E-state index contributed by atoms with van der Waals surface area (Å²) in [6.07, 6.45) is 0.754. The van der Waals surface area contributed by atoms with Gasteiger partial charge < -0.3 is 9.67 Å². The molecule has 0 spiro atoms. The summed E-state index contributed by atoms with van der Waals surface area (Å²) in [5.41, 5.74) is 6.86. The Morgan fingerprint density at radius 1 is 1.21 bits per heavy atom. The molecule has 2 heterocycles. The number of aromatic nitrogens is 1. The molecule has 0 unspecified atom stereocenters. The van der Waals surface area contributed by atoms with Gasteiger partial charge in [-0.2, -0.15) is 0 Å². The molecule has 0 saturated carbocycles. The lowest BCUT2D eigenvalue weighted by molar-refractivity contribution is 0.299. The Morgan fingerprint density at radius 2 is 1.89 bits per heavy atom. The summed E-state index contributed by atoms with van der Waals surface area (Å²) in [6, 6.07) is 4.70. The maximum atomic E-state index is 9.30. The monoisotopic (exact) mass is 258 g/mol. The molecule has 0 radical (unpaired) electrons. The molecule has 1 aliphatic heterocycles. The standard InChI is InChI=1S/C16H22N2O/c1-4-18-11(2)14(5-6-19)15-7-12-9-17(3)10-13(12)8-16(15)18/h7-8,19H,4-6,9-10H2,1-3H3. The van der Waals surface area contributed by atoms with Gasteiger partial charge in [0.2, 0.25) is 0 Å². The molecule has 1 aromatic carbocycles. The van der Waals surface area contributed by atoms with Crippen LogP contribution < -0.4 is 0 Å². The molecule has 3 nitrogen and oxygen atoms in total. The molecule has 3 heteroatoms. The van der Waals surface area contributed by atoms with Crippen molar-refractivity contribution in [2.45, 2.75) is 39.9 Å². The maximum absolute atomic E-state index is 9.30. The number of fused-ring (bicyclic) bond motifs is 2. The molecule has 1 N–H and O–H groups in total. The predicted octanol–water partition coefficient (Wildman–Crippen LogP) is 2.45. The van der Waals surface area contributed by atoms with E-state index in [0.717, 1.165) is 26.1 Å². The third-order valence-corrected chi connectivity index (χ3v) is 4.33. The van der Waals surface area contributed by atoms with Crippen molar-refractivity contribution >= 4 is 10.9 Å². The minimum atomic E-state index is 0.223. The molecule has 0 fully saturated rings. The van der Waals surface area contributed by atoms with Gasteiger partial charge in [0.25, 0.3) is 0 Å². The summed E-state index contributed by atoms with van der Waals surface area (Å²) in [7, 11) is 2.17. The molecular weight excluding hydrogens is 236 g/mol. The van der Waals surface area contributed by atoms with Crippen molar-refractivity contribution in [3.05, 3.63) is 34.5 Å². The van der Waals surface area contributed by atoms with Crippen LogP contribution in [-0.4, -0.2) is 28.2 Å². The fourth-order valence-electron chi connectivity index (χ4n) is 3.45. The number of rotatable bonds is 3. The molecule has 0 saturated heterocycles. The van der Waals surface area contributed by atoms with E-state index in [2.05, 4.69) is 42.5 Å². The van der Waals surface area contributed by atoms with Crippen molar-refractivity contribution < 1.29 is 5.11 Å². The van der Waals surface area contributed by atoms with Gasteiger partial charge in [-0.15, -0.1) is 0 Å². The van der Waals surface area contributed by atoms with Crippen LogP contribution in [0.2, 0.25) is 0 Å². The summed E-state index contributed by atoms with van der Waals surface area (Å²) in [4.78, 5) is 2.35. The van der Waals surface area contributed by atoms with Crippen molar-refractivity contribution in [3.8, 4) is 0 Å². The second kappa shape index (κ2) is 4.66. The van der Waals surface area contributed by atoms with Gasteiger partial charge in [-0.05, 0) is 56.1 Å². The van der Waals surface area contributed by atoms with Gasteiger partial charge in [-0.1, -0.05) is 0 Å². The highest BCUT2D eigenvalue weighted by Gasteiger charge is 2.20. The highest BCUT2D eigenvalue weighted by molar-refractivity contribution is 5.87. The van der Waals surface area contributed by atoms with E-state index >= 15 is 0 Å². The minimum Gasteiger partial charge on any atom is -0.396 e. The largest absolute Gasteiger partial charge is 0.396 e. The molecule has 0 atom stereocenters. The highest BCUT2D eigenvalue weighted by Crippen LogP contribution is 2.32. The van der Waals surface area contributed by atoms with Crippen LogP contribution in [0.5, 0.6) is 0 Å². The zero-order chi connectivity index (χ0) is 13.6. The van der Waals surface area contributed by atoms with E-state index < -0.39 is 0 Å². The fourth-order valence-corrected chi connectivity index (χ4v) is 3.45. The predicted molar refractivity (Wildman–Crippen MR) is 78.3 cm³/mol. The van der Waals surface area contributed by atoms with E-state index in [1.807, 2.05) is 0 Å². The Balaban J connectivity index is 2.26. The lowest BCUT2D eigenvalue weighted by atomic mass is 10.0. The van der Waals surface area contributed by atoms with E-state index in [1.165, 1.54) is 33.3 Å². The Labute approximate surface area is 114 Å². The van der Waals surface area contributed by atoms with Crippen molar-refractivity contribution in [3.63, 3.8) is 0 Å². The third kappa shape index (κ3) is 1.88. The van der Waals surface area contributed by atoms with Crippen molar-refractivity contribution in [2.75, 3.05) is 13.7 Å². The number of hydrogen-bond donors (Lipinski definition) is 1. The average Bonchev–Trinajstić information content (AvgIpc) is 2.85. The van der Waals surface area contributed by atoms with E-state index in [4.69, 9.17) is 0 Å². The van der Waals surface area contributed by atoms with Crippen LogP contribution in [0, 0.1) is 6.92 Å². The normalized spacial score (nSPS) is 15.4. The van der Waals surface area contributed by atoms with Crippen LogP contribution in [0.1, 0.15) is 29.3 Å². The highest BCUT2D eigenvalue weighted by atomic mass is 16.2. The molecule has 2 aromatic rings. The summed E-state index contributed by atoms with van der Waals surface area (Å²) in [6.45, 7) is 7.66. The zero-order valence-corrected chi connectivity index (χ0v) is 12.0. The fraction of sp³-hybridized carbons (Fsp3) is 0.500. The Bertz CT molecular complexity index is 627. The van der Waals surface area contributed by atoms with Crippen LogP contribution in [0.4, 0.5) is 0 Å². The average molecular weight is 258 g/mol. The van der Waals surface area contributed by atoms with Crippen LogP contribution in [0.15, 0.2) is 12.1 Å². The van der Waals surface area contributed by atoms with E-state index in [1.54, 1.807) is 0 Å². The first kappa shape index (κ1) is 12.7. The van der Waals surface area contributed by atoms with Gasteiger partial charge in [0.05, 0.1) is 0 Å². The number of nitrogens with zero attached hydrogens (tertiary/aromatic N) is 2. The van der Waals surface area contributed by atoms with Gasteiger partial charge in [0.1, 0.15) is 0 Å². The lowest BCUT2D eigenvalue weighted by Crippen LogP contribution is -2.07. The second-order valence-electron chi connectivity index (χ2n) is 5.59. The Morgan fingerprint density at radius 3 is 2.53 bits per heavy atom. The lowest BCUT2D eigenvalue weighted by Gasteiger charge is -2.05. The van der Waals surface area contributed by atoms with E-state index in [0.29, 0.717) is 0 Å². The molecule has 0 amide bonds. The molecule has 1 aliphatic rings. The van der Waals surface area contributed by atoms with E-state index in [9.17, 15) is 5.11 Å². The van der Waals surface area contributed by atoms with Gasteiger partial charge in [0, 0.05) is 42.8 Å². The molecule has 102 valence electrons. The van der Waals surface area contributed by atoms with Gasteiger partial charge >= 0.3 is 0 Å². The third-order valence-electron chi connectivity index (χ3n) is 4.33. The van der Waals surface area contributed by atoms with Gasteiger partial charge in [-0.25, -0.2) is 0 Å². The Hall–Kier alpha value is -1.32. The number of aliphatic hydroxyl groups excluding tert-OH is 1.